The quantitative estimate of drug-likeness (QED) is 0.711. The highest BCUT2D eigenvalue weighted by molar-refractivity contribution is 7.90. The van der Waals surface area contributed by atoms with E-state index >= 15 is 0 Å². The summed E-state index contributed by atoms with van der Waals surface area (Å²) < 4.78 is 26.7. The Hall–Kier alpha value is -1.56. The molecule has 4 nitrogen and oxygen atoms in total. The Kier molecular flexibility index (Phi) is 3.43. The fraction of sp³-hybridized carbons (Fsp3) is 0.0714. The van der Waals surface area contributed by atoms with Crippen LogP contribution in [0.4, 0.5) is 0 Å². The highest BCUT2D eigenvalue weighted by atomic mass is 35.5. The van der Waals surface area contributed by atoms with Gasteiger partial charge >= 0.3 is 0 Å². The number of fused-ring (bicyclic) bond motifs is 1. The van der Waals surface area contributed by atoms with Gasteiger partial charge in [0.25, 0.3) is 10.0 Å². The van der Waals surface area contributed by atoms with Crippen LogP contribution in [-0.4, -0.2) is 17.4 Å². The summed E-state index contributed by atoms with van der Waals surface area (Å²) in [5, 5.41) is 0.512. The SMILES string of the molecule is Cc1cc(S(=O)(=O)n2cnc3ccccc32)c(Cl)cc1Cl. The van der Waals surface area contributed by atoms with Crippen LogP contribution >= 0.6 is 23.2 Å². The molecule has 2 aromatic carbocycles. The molecule has 0 atom stereocenters. The lowest BCUT2D eigenvalue weighted by Crippen LogP contribution is -2.12. The van der Waals surface area contributed by atoms with Crippen molar-refractivity contribution < 1.29 is 8.42 Å². The van der Waals surface area contributed by atoms with Gasteiger partial charge in [-0.2, -0.15) is 0 Å². The van der Waals surface area contributed by atoms with Gasteiger partial charge < -0.3 is 0 Å². The maximum Gasteiger partial charge on any atom is 0.270 e. The maximum absolute atomic E-state index is 12.8. The second kappa shape index (κ2) is 5.02. The van der Waals surface area contributed by atoms with E-state index in [4.69, 9.17) is 23.2 Å². The summed E-state index contributed by atoms with van der Waals surface area (Å²) in [7, 11) is -3.83. The summed E-state index contributed by atoms with van der Waals surface area (Å²) in [6.07, 6.45) is 1.28. The molecule has 3 rings (SSSR count). The molecular formula is C14H10Cl2N2O2S. The lowest BCUT2D eigenvalue weighted by molar-refractivity contribution is 0.588. The molecule has 0 saturated carbocycles. The van der Waals surface area contributed by atoms with Gasteiger partial charge in [-0.3, -0.25) is 0 Å². The first-order valence-electron chi connectivity index (χ1n) is 6.04. The highest BCUT2D eigenvalue weighted by Crippen LogP contribution is 2.30. The van der Waals surface area contributed by atoms with Gasteiger partial charge in [-0.05, 0) is 36.8 Å². The minimum absolute atomic E-state index is 0.00854. The zero-order valence-corrected chi connectivity index (χ0v) is 13.2. The number of rotatable bonds is 2. The van der Waals surface area contributed by atoms with Gasteiger partial charge in [0.1, 0.15) is 11.2 Å². The second-order valence-electron chi connectivity index (χ2n) is 4.57. The lowest BCUT2D eigenvalue weighted by atomic mass is 10.2. The van der Waals surface area contributed by atoms with Crippen LogP contribution in [-0.2, 0) is 10.0 Å². The molecule has 3 aromatic rings. The van der Waals surface area contributed by atoms with Crippen molar-refractivity contribution in [2.24, 2.45) is 0 Å². The van der Waals surface area contributed by atoms with E-state index in [1.54, 1.807) is 31.2 Å². The summed E-state index contributed by atoms with van der Waals surface area (Å²) in [5.41, 5.74) is 1.74. The van der Waals surface area contributed by atoms with Crippen molar-refractivity contribution in [2.75, 3.05) is 0 Å². The smallest absolute Gasteiger partial charge is 0.236 e. The molecule has 0 saturated heterocycles. The van der Waals surface area contributed by atoms with E-state index < -0.39 is 10.0 Å². The highest BCUT2D eigenvalue weighted by Gasteiger charge is 2.23. The van der Waals surface area contributed by atoms with E-state index in [0.29, 0.717) is 21.6 Å². The van der Waals surface area contributed by atoms with Gasteiger partial charge in [0.2, 0.25) is 0 Å². The summed E-state index contributed by atoms with van der Waals surface area (Å²) >= 11 is 12.0. The predicted molar refractivity (Wildman–Crippen MR) is 83.5 cm³/mol. The predicted octanol–water partition coefficient (Wildman–Crippen LogP) is 3.89. The lowest BCUT2D eigenvalue weighted by Gasteiger charge is -2.10. The van der Waals surface area contributed by atoms with E-state index in [2.05, 4.69) is 4.98 Å². The van der Waals surface area contributed by atoms with E-state index in [9.17, 15) is 8.42 Å². The molecule has 108 valence electrons. The zero-order valence-electron chi connectivity index (χ0n) is 10.9. The summed E-state index contributed by atoms with van der Waals surface area (Å²) in [5.74, 6) is 0. The van der Waals surface area contributed by atoms with Crippen molar-refractivity contribution in [2.45, 2.75) is 11.8 Å². The average molecular weight is 341 g/mol. The van der Waals surface area contributed by atoms with Crippen LogP contribution in [0, 0.1) is 6.92 Å². The van der Waals surface area contributed by atoms with Crippen LogP contribution in [0.5, 0.6) is 0 Å². The first-order valence-corrected chi connectivity index (χ1v) is 8.24. The third-order valence-electron chi connectivity index (χ3n) is 3.17. The Bertz CT molecular complexity index is 949. The summed E-state index contributed by atoms with van der Waals surface area (Å²) in [4.78, 5) is 4.10. The van der Waals surface area contributed by atoms with Crippen molar-refractivity contribution in [1.29, 1.82) is 0 Å². The Morgan fingerprint density at radius 3 is 2.57 bits per heavy atom. The Morgan fingerprint density at radius 1 is 1.10 bits per heavy atom. The van der Waals surface area contributed by atoms with Crippen molar-refractivity contribution in [3.05, 3.63) is 58.3 Å². The maximum atomic E-state index is 12.8. The average Bonchev–Trinajstić information content (AvgIpc) is 2.87. The third kappa shape index (κ3) is 2.31. The second-order valence-corrected chi connectivity index (χ2v) is 7.16. The van der Waals surface area contributed by atoms with E-state index in [-0.39, 0.29) is 9.92 Å². The van der Waals surface area contributed by atoms with Gasteiger partial charge in [0.05, 0.1) is 16.1 Å². The van der Waals surface area contributed by atoms with E-state index in [1.165, 1.54) is 18.5 Å². The van der Waals surface area contributed by atoms with E-state index in [1.807, 2.05) is 0 Å². The van der Waals surface area contributed by atoms with Gasteiger partial charge in [0.15, 0.2) is 0 Å². The number of benzene rings is 2. The molecule has 7 heteroatoms. The molecule has 0 bridgehead atoms. The van der Waals surface area contributed by atoms with Gasteiger partial charge in [0, 0.05) is 5.02 Å². The van der Waals surface area contributed by atoms with E-state index in [0.717, 1.165) is 3.97 Å². The summed E-state index contributed by atoms with van der Waals surface area (Å²) in [6, 6.07) is 9.89. The molecule has 1 aromatic heterocycles. The fourth-order valence-corrected chi connectivity index (χ4v) is 4.17. The van der Waals surface area contributed by atoms with Crippen LogP contribution in [0.3, 0.4) is 0 Å². The zero-order chi connectivity index (χ0) is 15.2. The van der Waals surface area contributed by atoms with Crippen LogP contribution in [0.25, 0.3) is 11.0 Å². The van der Waals surface area contributed by atoms with Crippen molar-refractivity contribution in [3.63, 3.8) is 0 Å². The standard InChI is InChI=1S/C14H10Cl2N2O2S/c1-9-6-14(11(16)7-10(9)15)21(19,20)18-8-17-12-4-2-3-5-13(12)18/h2-8H,1H3. The minimum Gasteiger partial charge on any atom is -0.236 e. The first-order chi connectivity index (χ1) is 9.91. The number of hydrogen-bond donors (Lipinski definition) is 0. The number of halogens is 2. The molecule has 21 heavy (non-hydrogen) atoms. The molecule has 0 N–H and O–H groups in total. The Labute approximate surface area is 132 Å². The topological polar surface area (TPSA) is 52.0 Å². The van der Waals surface area contributed by atoms with Crippen molar-refractivity contribution in [3.8, 4) is 0 Å². The number of para-hydroxylation sites is 2. The van der Waals surface area contributed by atoms with Gasteiger partial charge in [-0.15, -0.1) is 0 Å². The van der Waals surface area contributed by atoms with Gasteiger partial charge in [-0.25, -0.2) is 17.4 Å². The molecule has 0 radical (unpaired) electrons. The third-order valence-corrected chi connectivity index (χ3v) is 5.71. The van der Waals surface area contributed by atoms with Crippen molar-refractivity contribution >= 4 is 44.3 Å². The Morgan fingerprint density at radius 2 is 1.81 bits per heavy atom. The number of hydrogen-bond acceptors (Lipinski definition) is 3. The van der Waals surface area contributed by atoms with Gasteiger partial charge in [-0.1, -0.05) is 35.3 Å². The molecule has 0 aliphatic rings. The number of aromatic nitrogens is 2. The number of nitrogens with zero attached hydrogens (tertiary/aromatic N) is 2. The van der Waals surface area contributed by atoms with Crippen LogP contribution < -0.4 is 0 Å². The summed E-state index contributed by atoms with van der Waals surface area (Å²) in [6.45, 7) is 1.73. The first kappa shape index (κ1) is 14.4. The molecule has 0 spiro atoms. The fourth-order valence-electron chi connectivity index (χ4n) is 2.06. The monoisotopic (exact) mass is 340 g/mol. The number of imidazole rings is 1. The molecule has 0 amide bonds. The molecule has 1 heterocycles. The van der Waals surface area contributed by atoms with Crippen LogP contribution in [0.2, 0.25) is 10.0 Å². The molecule has 0 fully saturated rings. The minimum atomic E-state index is -3.83. The van der Waals surface area contributed by atoms with Crippen molar-refractivity contribution in [1.82, 2.24) is 8.96 Å². The largest absolute Gasteiger partial charge is 0.270 e. The van der Waals surface area contributed by atoms with Crippen LogP contribution in [0.1, 0.15) is 5.56 Å². The van der Waals surface area contributed by atoms with Crippen LogP contribution in [0.15, 0.2) is 47.6 Å². The normalized spacial score (nSPS) is 12.0. The molecule has 0 aliphatic heterocycles. The Balaban J connectivity index is 2.29. The molecule has 0 unspecified atom stereocenters. The molecule has 0 aliphatic carbocycles. The number of aryl methyl sites for hydroxylation is 1. The molecular weight excluding hydrogens is 331 g/mol.